The molecule has 3 heterocycles. The quantitative estimate of drug-likeness (QED) is 0.578. The molecule has 1 aliphatic heterocycles. The molecule has 1 amide bonds. The summed E-state index contributed by atoms with van der Waals surface area (Å²) in [5, 5.41) is 7.99. The number of rotatable bonds is 3. The second kappa shape index (κ2) is 5.83. The highest BCUT2D eigenvalue weighted by molar-refractivity contribution is 6.28. The number of amides is 1. The van der Waals surface area contributed by atoms with Crippen molar-refractivity contribution in [3.63, 3.8) is 0 Å². The van der Waals surface area contributed by atoms with Crippen LogP contribution < -0.4 is 5.32 Å². The first-order valence-electron chi connectivity index (χ1n) is 7.83. The highest BCUT2D eigenvalue weighted by Gasteiger charge is 2.35. The Hall–Kier alpha value is -2.98. The summed E-state index contributed by atoms with van der Waals surface area (Å²) in [5.41, 5.74) is 2.85. The Kier molecular flexibility index (Phi) is 3.62. The number of carbonyl (C=O) groups excluding carboxylic acids is 1. The molecular weight excluding hydrogens is 340 g/mol. The molecule has 3 aromatic rings. The highest BCUT2D eigenvalue weighted by Crippen LogP contribution is 2.40. The SMILES string of the molecule is [C-]#[N+]c1ccc2c(c1)C(c1nc(Cl)nc3nn(CCC)cc13)C(=O)N2. The van der Waals surface area contributed by atoms with Gasteiger partial charge in [-0.25, -0.2) is 9.83 Å². The van der Waals surface area contributed by atoms with E-state index in [0.29, 0.717) is 28.1 Å². The lowest BCUT2D eigenvalue weighted by atomic mass is 9.95. The van der Waals surface area contributed by atoms with Gasteiger partial charge in [-0.3, -0.25) is 9.48 Å². The zero-order valence-corrected chi connectivity index (χ0v) is 14.1. The average molecular weight is 353 g/mol. The first-order chi connectivity index (χ1) is 12.1. The van der Waals surface area contributed by atoms with E-state index in [1.54, 1.807) is 22.9 Å². The van der Waals surface area contributed by atoms with Gasteiger partial charge in [0, 0.05) is 18.4 Å². The van der Waals surface area contributed by atoms with Crippen LogP contribution in [0.1, 0.15) is 30.5 Å². The van der Waals surface area contributed by atoms with Crippen molar-refractivity contribution in [1.82, 2.24) is 19.7 Å². The van der Waals surface area contributed by atoms with Gasteiger partial charge in [-0.2, -0.15) is 10.1 Å². The van der Waals surface area contributed by atoms with Gasteiger partial charge in [0.05, 0.1) is 17.7 Å². The summed E-state index contributed by atoms with van der Waals surface area (Å²) >= 11 is 6.07. The van der Waals surface area contributed by atoms with Gasteiger partial charge in [-0.05, 0) is 29.7 Å². The molecule has 1 N–H and O–H groups in total. The minimum atomic E-state index is -0.640. The van der Waals surface area contributed by atoms with Crippen LogP contribution in [-0.4, -0.2) is 25.7 Å². The standard InChI is InChI=1S/C17H13ClN6O/c1-3-6-24-8-11-14(21-17(18)22-15(11)23-24)13-10-7-9(19-2)4-5-12(10)20-16(13)25/h4-5,7-8,13H,3,6H2,1H3,(H,20,25). The zero-order chi connectivity index (χ0) is 17.6. The number of aromatic nitrogens is 4. The van der Waals surface area contributed by atoms with Crippen molar-refractivity contribution < 1.29 is 4.79 Å². The predicted octanol–water partition coefficient (Wildman–Crippen LogP) is 3.52. The Balaban J connectivity index is 1.93. The molecule has 0 aliphatic carbocycles. The zero-order valence-electron chi connectivity index (χ0n) is 13.3. The monoisotopic (exact) mass is 352 g/mol. The van der Waals surface area contributed by atoms with Crippen LogP contribution in [0.3, 0.4) is 0 Å². The van der Waals surface area contributed by atoms with Crippen LogP contribution in [0, 0.1) is 6.57 Å². The van der Waals surface area contributed by atoms with E-state index in [1.165, 1.54) is 0 Å². The molecule has 4 rings (SSSR count). The van der Waals surface area contributed by atoms with E-state index < -0.39 is 5.92 Å². The second-order valence-corrected chi connectivity index (χ2v) is 6.15. The topological polar surface area (TPSA) is 77.1 Å². The first-order valence-corrected chi connectivity index (χ1v) is 8.21. The highest BCUT2D eigenvalue weighted by atomic mass is 35.5. The first kappa shape index (κ1) is 15.5. The van der Waals surface area contributed by atoms with Crippen molar-refractivity contribution in [2.75, 3.05) is 5.32 Å². The number of aryl methyl sites for hydroxylation is 1. The van der Waals surface area contributed by atoms with Crippen LogP contribution in [0.2, 0.25) is 5.28 Å². The molecule has 2 aromatic heterocycles. The second-order valence-electron chi connectivity index (χ2n) is 5.81. The normalized spacial score (nSPS) is 15.9. The van der Waals surface area contributed by atoms with Crippen LogP contribution in [0.15, 0.2) is 24.4 Å². The van der Waals surface area contributed by atoms with E-state index in [0.717, 1.165) is 18.5 Å². The molecule has 0 fully saturated rings. The van der Waals surface area contributed by atoms with E-state index in [1.807, 2.05) is 6.20 Å². The van der Waals surface area contributed by atoms with Crippen LogP contribution >= 0.6 is 11.6 Å². The molecule has 8 heteroatoms. The van der Waals surface area contributed by atoms with Gasteiger partial charge in [0.1, 0.15) is 5.92 Å². The summed E-state index contributed by atoms with van der Waals surface area (Å²) in [6, 6.07) is 5.13. The van der Waals surface area contributed by atoms with E-state index >= 15 is 0 Å². The number of hydrogen-bond donors (Lipinski definition) is 1. The van der Waals surface area contributed by atoms with E-state index in [-0.39, 0.29) is 11.2 Å². The minimum Gasteiger partial charge on any atom is -0.325 e. The molecule has 1 aromatic carbocycles. The minimum absolute atomic E-state index is 0.0480. The number of benzene rings is 1. The molecule has 0 radical (unpaired) electrons. The van der Waals surface area contributed by atoms with Gasteiger partial charge in [-0.1, -0.05) is 19.1 Å². The number of anilines is 1. The molecule has 7 nitrogen and oxygen atoms in total. The lowest BCUT2D eigenvalue weighted by molar-refractivity contribution is -0.116. The molecular formula is C17H13ClN6O. The van der Waals surface area contributed by atoms with Crippen LogP contribution in [0.4, 0.5) is 11.4 Å². The maximum atomic E-state index is 12.6. The van der Waals surface area contributed by atoms with Gasteiger partial charge in [0.15, 0.2) is 11.3 Å². The van der Waals surface area contributed by atoms with Crippen molar-refractivity contribution in [1.29, 1.82) is 0 Å². The van der Waals surface area contributed by atoms with E-state index in [9.17, 15) is 4.79 Å². The number of nitrogens with zero attached hydrogens (tertiary/aromatic N) is 5. The van der Waals surface area contributed by atoms with Crippen molar-refractivity contribution in [3.05, 3.63) is 52.4 Å². The Morgan fingerprint density at radius 1 is 1.40 bits per heavy atom. The smallest absolute Gasteiger partial charge is 0.238 e. The average Bonchev–Trinajstić information content (AvgIpc) is 3.13. The Bertz CT molecular complexity index is 1050. The molecule has 1 aliphatic rings. The Morgan fingerprint density at radius 3 is 3.00 bits per heavy atom. The summed E-state index contributed by atoms with van der Waals surface area (Å²) in [6.07, 6.45) is 2.76. The van der Waals surface area contributed by atoms with Crippen molar-refractivity contribution in [2.45, 2.75) is 25.8 Å². The third-order valence-electron chi connectivity index (χ3n) is 4.15. The van der Waals surface area contributed by atoms with Gasteiger partial charge >= 0.3 is 0 Å². The van der Waals surface area contributed by atoms with Crippen LogP contribution in [-0.2, 0) is 11.3 Å². The molecule has 124 valence electrons. The molecule has 25 heavy (non-hydrogen) atoms. The Morgan fingerprint density at radius 2 is 2.24 bits per heavy atom. The maximum Gasteiger partial charge on any atom is 0.238 e. The summed E-state index contributed by atoms with van der Waals surface area (Å²) in [7, 11) is 0. The third-order valence-corrected chi connectivity index (χ3v) is 4.32. The van der Waals surface area contributed by atoms with Gasteiger partial charge in [-0.15, -0.1) is 0 Å². The lowest BCUT2D eigenvalue weighted by Gasteiger charge is -2.09. The van der Waals surface area contributed by atoms with E-state index in [4.69, 9.17) is 18.2 Å². The molecule has 1 atom stereocenters. The third kappa shape index (κ3) is 2.51. The largest absolute Gasteiger partial charge is 0.325 e. The fourth-order valence-corrected chi connectivity index (χ4v) is 3.27. The van der Waals surface area contributed by atoms with Gasteiger partial charge in [0.25, 0.3) is 0 Å². The fourth-order valence-electron chi connectivity index (χ4n) is 3.10. The Labute approximate surface area is 148 Å². The fraction of sp³-hybridized carbons (Fsp3) is 0.235. The molecule has 0 saturated carbocycles. The molecule has 0 spiro atoms. The maximum absolute atomic E-state index is 12.6. The summed E-state index contributed by atoms with van der Waals surface area (Å²) in [5.74, 6) is -0.838. The summed E-state index contributed by atoms with van der Waals surface area (Å²) in [4.78, 5) is 24.5. The van der Waals surface area contributed by atoms with Crippen molar-refractivity contribution >= 4 is 39.9 Å². The number of carbonyl (C=O) groups is 1. The number of halogens is 1. The predicted molar refractivity (Wildman–Crippen MR) is 93.8 cm³/mol. The molecule has 1 unspecified atom stereocenters. The molecule has 0 saturated heterocycles. The summed E-state index contributed by atoms with van der Waals surface area (Å²) < 4.78 is 1.78. The number of nitrogens with one attached hydrogen (secondary N) is 1. The van der Waals surface area contributed by atoms with E-state index in [2.05, 4.69) is 32.2 Å². The number of hydrogen-bond acceptors (Lipinski definition) is 4. The van der Waals surface area contributed by atoms with Gasteiger partial charge in [0.2, 0.25) is 11.2 Å². The summed E-state index contributed by atoms with van der Waals surface area (Å²) in [6.45, 7) is 9.99. The number of fused-ring (bicyclic) bond motifs is 2. The lowest BCUT2D eigenvalue weighted by Crippen LogP contribution is -2.15. The van der Waals surface area contributed by atoms with Crippen molar-refractivity contribution in [3.8, 4) is 0 Å². The van der Waals surface area contributed by atoms with Gasteiger partial charge < -0.3 is 5.32 Å². The van der Waals surface area contributed by atoms with Crippen molar-refractivity contribution in [2.24, 2.45) is 0 Å². The molecule has 0 bridgehead atoms. The van der Waals surface area contributed by atoms with Crippen LogP contribution in [0.5, 0.6) is 0 Å². The van der Waals surface area contributed by atoms with Crippen LogP contribution in [0.25, 0.3) is 15.9 Å².